The van der Waals surface area contributed by atoms with Gasteiger partial charge in [-0.1, -0.05) is 28.1 Å². The van der Waals surface area contributed by atoms with Crippen molar-refractivity contribution in [2.24, 2.45) is 0 Å². The van der Waals surface area contributed by atoms with E-state index in [-0.39, 0.29) is 12.3 Å². The third-order valence-corrected chi connectivity index (χ3v) is 5.36. The molecule has 4 aromatic heterocycles. The summed E-state index contributed by atoms with van der Waals surface area (Å²) in [6, 6.07) is 19.0. The van der Waals surface area contributed by atoms with Crippen molar-refractivity contribution in [1.29, 1.82) is 0 Å². The van der Waals surface area contributed by atoms with E-state index in [0.29, 0.717) is 11.5 Å². The predicted octanol–water partition coefficient (Wildman–Crippen LogP) is 4.23. The molecule has 0 unspecified atom stereocenters. The molecule has 158 valence electrons. The van der Waals surface area contributed by atoms with Crippen molar-refractivity contribution in [3.8, 4) is 17.1 Å². The Morgan fingerprint density at radius 1 is 1.09 bits per heavy atom. The van der Waals surface area contributed by atoms with Crippen LogP contribution in [0.3, 0.4) is 0 Å². The second kappa shape index (κ2) is 8.35. The molecule has 0 fully saturated rings. The van der Waals surface area contributed by atoms with Crippen LogP contribution in [0.2, 0.25) is 0 Å². The molecule has 0 saturated heterocycles. The smallest absolute Gasteiger partial charge is 0.230 e. The summed E-state index contributed by atoms with van der Waals surface area (Å²) in [4.78, 5) is 21.5. The lowest BCUT2D eigenvalue weighted by atomic mass is 10.1. The Bertz CT molecular complexity index is 1440. The number of amides is 1. The summed E-state index contributed by atoms with van der Waals surface area (Å²) < 4.78 is 4.36. The largest absolute Gasteiger partial charge is 0.326 e. The van der Waals surface area contributed by atoms with Gasteiger partial charge in [0, 0.05) is 27.6 Å². The topological polar surface area (TPSA) is 90.0 Å². The Hall–Kier alpha value is -3.85. The fourth-order valence-electron chi connectivity index (χ4n) is 3.45. The second-order valence-corrected chi connectivity index (χ2v) is 8.20. The lowest BCUT2D eigenvalue weighted by molar-refractivity contribution is -0.115. The number of rotatable bonds is 5. The first-order chi connectivity index (χ1) is 15.5. The van der Waals surface area contributed by atoms with E-state index in [9.17, 15) is 4.79 Å². The van der Waals surface area contributed by atoms with Crippen LogP contribution < -0.4 is 5.32 Å². The van der Waals surface area contributed by atoms with Crippen LogP contribution in [0.15, 0.2) is 77.7 Å². The molecule has 1 N–H and O–H groups in total. The van der Waals surface area contributed by atoms with E-state index < -0.39 is 0 Å². The quantitative estimate of drug-likeness (QED) is 0.400. The van der Waals surface area contributed by atoms with Gasteiger partial charge in [0.2, 0.25) is 5.91 Å². The number of halogens is 1. The zero-order chi connectivity index (χ0) is 22.1. The Morgan fingerprint density at radius 3 is 2.81 bits per heavy atom. The maximum atomic E-state index is 12.7. The Labute approximate surface area is 192 Å². The highest BCUT2D eigenvalue weighted by Gasteiger charge is 2.16. The summed E-state index contributed by atoms with van der Waals surface area (Å²) in [6.45, 7) is 1.93. The third-order valence-electron chi connectivity index (χ3n) is 4.87. The van der Waals surface area contributed by atoms with Crippen molar-refractivity contribution in [2.45, 2.75) is 13.3 Å². The van der Waals surface area contributed by atoms with Gasteiger partial charge in [-0.3, -0.25) is 4.79 Å². The van der Waals surface area contributed by atoms with Crippen LogP contribution in [0.5, 0.6) is 0 Å². The van der Waals surface area contributed by atoms with Crippen molar-refractivity contribution >= 4 is 33.2 Å². The molecule has 32 heavy (non-hydrogen) atoms. The van der Waals surface area contributed by atoms with Gasteiger partial charge in [0.05, 0.1) is 17.8 Å². The normalized spacial score (nSPS) is 11.1. The number of benzene rings is 1. The summed E-state index contributed by atoms with van der Waals surface area (Å²) >= 11 is 3.42. The highest BCUT2D eigenvalue weighted by atomic mass is 79.9. The number of anilines is 1. The fourth-order valence-corrected chi connectivity index (χ4v) is 3.85. The number of nitrogens with zero attached hydrogens (tertiary/aromatic N) is 6. The van der Waals surface area contributed by atoms with Crippen LogP contribution in [0.4, 0.5) is 5.69 Å². The minimum Gasteiger partial charge on any atom is -0.326 e. The number of hydrogen-bond acceptors (Lipinski definition) is 5. The molecule has 0 aliphatic rings. The monoisotopic (exact) mass is 487 g/mol. The molecule has 0 radical (unpaired) electrons. The van der Waals surface area contributed by atoms with E-state index in [1.54, 1.807) is 9.20 Å². The third kappa shape index (κ3) is 4.15. The van der Waals surface area contributed by atoms with Gasteiger partial charge in [0.15, 0.2) is 11.5 Å². The number of nitrogens with one attached hydrogen (secondary N) is 1. The number of pyridine rings is 2. The predicted molar refractivity (Wildman–Crippen MR) is 125 cm³/mol. The summed E-state index contributed by atoms with van der Waals surface area (Å²) in [5.41, 5.74) is 4.69. The van der Waals surface area contributed by atoms with E-state index in [0.717, 1.165) is 32.8 Å². The van der Waals surface area contributed by atoms with E-state index in [2.05, 4.69) is 36.3 Å². The molecule has 5 rings (SSSR count). The molecule has 0 spiro atoms. The number of fused-ring (bicyclic) bond motifs is 1. The summed E-state index contributed by atoms with van der Waals surface area (Å²) in [6.07, 6.45) is 3.52. The molecule has 1 amide bonds. The Kier molecular flexibility index (Phi) is 5.24. The van der Waals surface area contributed by atoms with Crippen molar-refractivity contribution in [3.05, 3.63) is 89.0 Å². The van der Waals surface area contributed by atoms with Crippen molar-refractivity contribution in [1.82, 2.24) is 29.4 Å². The minimum absolute atomic E-state index is 0.129. The van der Waals surface area contributed by atoms with Crippen molar-refractivity contribution in [3.63, 3.8) is 0 Å². The van der Waals surface area contributed by atoms with Crippen LogP contribution in [0, 0.1) is 6.92 Å². The maximum absolute atomic E-state index is 12.7. The van der Waals surface area contributed by atoms with Crippen LogP contribution in [0.1, 0.15) is 11.4 Å². The van der Waals surface area contributed by atoms with Gasteiger partial charge < -0.3 is 5.32 Å². The molecular formula is C23H18BrN7O. The minimum atomic E-state index is -0.150. The van der Waals surface area contributed by atoms with Crippen molar-refractivity contribution < 1.29 is 4.79 Å². The molecule has 0 atom stereocenters. The van der Waals surface area contributed by atoms with Crippen LogP contribution in [-0.2, 0) is 11.2 Å². The van der Waals surface area contributed by atoms with Gasteiger partial charge in [-0.05, 0) is 55.5 Å². The summed E-state index contributed by atoms with van der Waals surface area (Å²) in [5, 5.41) is 11.8. The molecular weight excluding hydrogens is 470 g/mol. The molecule has 0 aliphatic heterocycles. The molecule has 9 heteroatoms. The average molecular weight is 488 g/mol. The van der Waals surface area contributed by atoms with Gasteiger partial charge >= 0.3 is 0 Å². The van der Waals surface area contributed by atoms with Gasteiger partial charge in [-0.2, -0.15) is 10.2 Å². The highest BCUT2D eigenvalue weighted by Crippen LogP contribution is 2.24. The van der Waals surface area contributed by atoms with E-state index in [4.69, 9.17) is 5.10 Å². The first kappa shape index (κ1) is 20.1. The molecule has 5 aromatic rings. The number of hydrogen-bond donors (Lipinski definition) is 1. The number of carbonyl (C=O) groups excluding carboxylic acids is 1. The van der Waals surface area contributed by atoms with Crippen LogP contribution >= 0.6 is 15.9 Å². The lowest BCUT2D eigenvalue weighted by Gasteiger charge is -2.07. The molecule has 4 heterocycles. The highest BCUT2D eigenvalue weighted by molar-refractivity contribution is 9.10. The van der Waals surface area contributed by atoms with E-state index >= 15 is 0 Å². The summed E-state index contributed by atoms with van der Waals surface area (Å²) in [7, 11) is 0. The summed E-state index contributed by atoms with van der Waals surface area (Å²) in [5.74, 6) is 0.528. The van der Waals surface area contributed by atoms with Gasteiger partial charge in [-0.25, -0.2) is 19.2 Å². The molecule has 1 aromatic carbocycles. The Morgan fingerprint density at radius 2 is 1.97 bits per heavy atom. The van der Waals surface area contributed by atoms with E-state index in [1.807, 2.05) is 73.8 Å². The second-order valence-electron chi connectivity index (χ2n) is 7.29. The van der Waals surface area contributed by atoms with Crippen LogP contribution in [0.25, 0.3) is 22.7 Å². The zero-order valence-electron chi connectivity index (χ0n) is 17.1. The number of carbonyl (C=O) groups is 1. The number of aryl methyl sites for hydroxylation is 1. The van der Waals surface area contributed by atoms with Gasteiger partial charge in [0.25, 0.3) is 0 Å². The fraction of sp³-hybridized carbons (Fsp3) is 0.0870. The molecule has 0 bridgehead atoms. The van der Waals surface area contributed by atoms with E-state index in [1.165, 1.54) is 6.33 Å². The molecule has 0 aliphatic carbocycles. The van der Waals surface area contributed by atoms with Crippen molar-refractivity contribution in [2.75, 3.05) is 5.32 Å². The number of aromatic nitrogens is 6. The Balaban J connectivity index is 1.51. The molecule has 0 saturated carbocycles. The SMILES string of the molecule is Cc1cccc(-n2nc(CC(=O)Nc3cccc(Br)c3)cc2-c2ccc3ncnn3c2)n1. The maximum Gasteiger partial charge on any atom is 0.230 e. The first-order valence-electron chi connectivity index (χ1n) is 9.93. The van der Waals surface area contributed by atoms with Gasteiger partial charge in [0.1, 0.15) is 6.33 Å². The van der Waals surface area contributed by atoms with Gasteiger partial charge in [-0.15, -0.1) is 0 Å². The zero-order valence-corrected chi connectivity index (χ0v) is 18.7. The molecule has 8 nitrogen and oxygen atoms in total. The standard InChI is InChI=1S/C23H18BrN7O/c1-15-4-2-7-22(27-15)31-20(16-8-9-21-25-14-26-30(21)13-16)11-19(29-31)12-23(32)28-18-6-3-5-17(24)10-18/h2-11,13-14H,12H2,1H3,(H,28,32). The lowest BCUT2D eigenvalue weighted by Crippen LogP contribution is -2.15. The first-order valence-corrected chi connectivity index (χ1v) is 10.7. The van der Waals surface area contributed by atoms with Crippen LogP contribution in [-0.4, -0.2) is 35.3 Å². The average Bonchev–Trinajstić information content (AvgIpc) is 3.40.